The zero-order chi connectivity index (χ0) is 9.80. The molecule has 0 spiro atoms. The third-order valence-electron chi connectivity index (χ3n) is 1.92. The molecule has 2 aromatic rings. The third-order valence-corrected chi connectivity index (χ3v) is 1.92. The predicted octanol–water partition coefficient (Wildman–Crippen LogP) is 2.30. The number of aryl methyl sites for hydroxylation is 1. The van der Waals surface area contributed by atoms with Crippen molar-refractivity contribution < 1.29 is 4.74 Å². The Morgan fingerprint density at radius 3 is 2.71 bits per heavy atom. The molecule has 0 saturated carbocycles. The number of aromatic amines is 1. The van der Waals surface area contributed by atoms with E-state index in [1.54, 1.807) is 6.20 Å². The molecule has 14 heavy (non-hydrogen) atoms. The van der Waals surface area contributed by atoms with Gasteiger partial charge in [0.05, 0.1) is 6.20 Å². The Kier molecular flexibility index (Phi) is 2.49. The Bertz CT molecular complexity index is 395. The summed E-state index contributed by atoms with van der Waals surface area (Å²) in [6.45, 7) is 2.47. The van der Waals surface area contributed by atoms with Crippen molar-refractivity contribution in [3.8, 4) is 5.88 Å². The van der Waals surface area contributed by atoms with Crippen LogP contribution in [-0.2, 0) is 6.61 Å². The molecule has 1 aromatic heterocycles. The van der Waals surface area contributed by atoms with E-state index in [2.05, 4.69) is 9.97 Å². The fourth-order valence-electron chi connectivity index (χ4n) is 1.21. The van der Waals surface area contributed by atoms with Crippen LogP contribution in [0.3, 0.4) is 0 Å². The minimum absolute atomic E-state index is 0.572. The lowest BCUT2D eigenvalue weighted by atomic mass is 10.2. The van der Waals surface area contributed by atoms with E-state index in [9.17, 15) is 0 Å². The van der Waals surface area contributed by atoms with Crippen LogP contribution in [0, 0.1) is 6.92 Å². The zero-order valence-electron chi connectivity index (χ0n) is 8.03. The molecule has 0 saturated heterocycles. The number of H-pyrrole nitrogens is 1. The van der Waals surface area contributed by atoms with Gasteiger partial charge in [-0.3, -0.25) is 0 Å². The molecule has 72 valence electrons. The van der Waals surface area contributed by atoms with Crippen LogP contribution in [0.15, 0.2) is 36.5 Å². The molecule has 3 nitrogen and oxygen atoms in total. The van der Waals surface area contributed by atoms with Crippen molar-refractivity contribution in [2.75, 3.05) is 0 Å². The van der Waals surface area contributed by atoms with Gasteiger partial charge in [-0.05, 0) is 12.5 Å². The SMILES string of the molecule is Cc1ncc(OCc2ccccc2)[nH]1. The summed E-state index contributed by atoms with van der Waals surface area (Å²) in [5.41, 5.74) is 1.15. The summed E-state index contributed by atoms with van der Waals surface area (Å²) in [4.78, 5) is 7.06. The molecule has 0 aliphatic rings. The van der Waals surface area contributed by atoms with Crippen molar-refractivity contribution in [2.24, 2.45) is 0 Å². The molecule has 1 aromatic carbocycles. The van der Waals surface area contributed by atoms with E-state index >= 15 is 0 Å². The minimum atomic E-state index is 0.572. The van der Waals surface area contributed by atoms with Crippen molar-refractivity contribution >= 4 is 0 Å². The maximum absolute atomic E-state index is 5.49. The molecule has 3 heteroatoms. The Hall–Kier alpha value is -1.77. The molecule has 0 bridgehead atoms. The Labute approximate surface area is 82.8 Å². The van der Waals surface area contributed by atoms with Crippen LogP contribution >= 0.6 is 0 Å². The average molecular weight is 188 g/mol. The fraction of sp³-hybridized carbons (Fsp3) is 0.182. The molecule has 1 heterocycles. The number of hydrogen-bond donors (Lipinski definition) is 1. The number of imidazole rings is 1. The van der Waals surface area contributed by atoms with Gasteiger partial charge in [0.1, 0.15) is 12.4 Å². The largest absolute Gasteiger partial charge is 0.473 e. The normalized spacial score (nSPS) is 10.1. The lowest BCUT2D eigenvalue weighted by Gasteiger charge is -2.02. The molecule has 0 atom stereocenters. The first kappa shape index (κ1) is 8.81. The molecule has 0 unspecified atom stereocenters. The van der Waals surface area contributed by atoms with Gasteiger partial charge in [-0.2, -0.15) is 0 Å². The molecule has 0 aliphatic carbocycles. The topological polar surface area (TPSA) is 37.9 Å². The number of rotatable bonds is 3. The molecule has 0 aliphatic heterocycles. The van der Waals surface area contributed by atoms with Crippen molar-refractivity contribution in [2.45, 2.75) is 13.5 Å². The highest BCUT2D eigenvalue weighted by molar-refractivity contribution is 5.15. The fourth-order valence-corrected chi connectivity index (χ4v) is 1.21. The smallest absolute Gasteiger partial charge is 0.211 e. The van der Waals surface area contributed by atoms with Gasteiger partial charge in [0.2, 0.25) is 5.88 Å². The molecule has 0 radical (unpaired) electrons. The second-order valence-electron chi connectivity index (χ2n) is 3.11. The van der Waals surface area contributed by atoms with E-state index in [1.165, 1.54) is 0 Å². The number of ether oxygens (including phenoxy) is 1. The number of benzene rings is 1. The highest BCUT2D eigenvalue weighted by Crippen LogP contribution is 2.08. The predicted molar refractivity (Wildman–Crippen MR) is 54.1 cm³/mol. The monoisotopic (exact) mass is 188 g/mol. The highest BCUT2D eigenvalue weighted by Gasteiger charge is 1.97. The lowest BCUT2D eigenvalue weighted by Crippen LogP contribution is -1.94. The Balaban J connectivity index is 1.95. The summed E-state index contributed by atoms with van der Waals surface area (Å²) in [7, 11) is 0. The van der Waals surface area contributed by atoms with Gasteiger partial charge in [-0.15, -0.1) is 0 Å². The Morgan fingerprint density at radius 2 is 2.07 bits per heavy atom. The summed E-state index contributed by atoms with van der Waals surface area (Å²) in [6.07, 6.45) is 1.69. The maximum Gasteiger partial charge on any atom is 0.211 e. The number of nitrogens with one attached hydrogen (secondary N) is 1. The second kappa shape index (κ2) is 3.96. The summed E-state index contributed by atoms with van der Waals surface area (Å²) >= 11 is 0. The van der Waals surface area contributed by atoms with Gasteiger partial charge in [0, 0.05) is 0 Å². The molecule has 0 fully saturated rings. The number of aromatic nitrogens is 2. The van der Waals surface area contributed by atoms with Gasteiger partial charge in [-0.1, -0.05) is 30.3 Å². The van der Waals surface area contributed by atoms with Crippen molar-refractivity contribution in [3.05, 3.63) is 47.9 Å². The van der Waals surface area contributed by atoms with Crippen molar-refractivity contribution in [3.63, 3.8) is 0 Å². The van der Waals surface area contributed by atoms with Crippen molar-refractivity contribution in [1.29, 1.82) is 0 Å². The van der Waals surface area contributed by atoms with E-state index in [0.29, 0.717) is 12.5 Å². The summed E-state index contributed by atoms with van der Waals surface area (Å²) < 4.78 is 5.49. The van der Waals surface area contributed by atoms with Gasteiger partial charge in [-0.25, -0.2) is 4.98 Å². The lowest BCUT2D eigenvalue weighted by molar-refractivity contribution is 0.295. The van der Waals surface area contributed by atoms with Crippen LogP contribution in [0.5, 0.6) is 5.88 Å². The van der Waals surface area contributed by atoms with Crippen LogP contribution in [-0.4, -0.2) is 9.97 Å². The molecular weight excluding hydrogens is 176 g/mol. The molecule has 0 amide bonds. The van der Waals surface area contributed by atoms with Crippen LogP contribution < -0.4 is 4.74 Å². The van der Waals surface area contributed by atoms with Crippen LogP contribution in [0.25, 0.3) is 0 Å². The van der Waals surface area contributed by atoms with Crippen LogP contribution in [0.1, 0.15) is 11.4 Å². The maximum atomic E-state index is 5.49. The van der Waals surface area contributed by atoms with Gasteiger partial charge >= 0.3 is 0 Å². The van der Waals surface area contributed by atoms with Gasteiger partial charge in [0.15, 0.2) is 0 Å². The Morgan fingerprint density at radius 1 is 1.29 bits per heavy atom. The van der Waals surface area contributed by atoms with Gasteiger partial charge < -0.3 is 9.72 Å². The number of nitrogens with zero attached hydrogens (tertiary/aromatic N) is 1. The van der Waals surface area contributed by atoms with E-state index < -0.39 is 0 Å². The quantitative estimate of drug-likeness (QED) is 0.802. The minimum Gasteiger partial charge on any atom is -0.473 e. The number of hydrogen-bond acceptors (Lipinski definition) is 2. The van der Waals surface area contributed by atoms with Crippen molar-refractivity contribution in [1.82, 2.24) is 9.97 Å². The summed E-state index contributed by atoms with van der Waals surface area (Å²) in [6, 6.07) is 10.0. The molecular formula is C11H12N2O. The van der Waals surface area contributed by atoms with E-state index in [0.717, 1.165) is 11.4 Å². The van der Waals surface area contributed by atoms with E-state index in [-0.39, 0.29) is 0 Å². The van der Waals surface area contributed by atoms with Gasteiger partial charge in [0.25, 0.3) is 0 Å². The third kappa shape index (κ3) is 2.13. The molecule has 1 N–H and O–H groups in total. The first-order valence-corrected chi connectivity index (χ1v) is 4.53. The first-order chi connectivity index (χ1) is 6.84. The summed E-state index contributed by atoms with van der Waals surface area (Å²) in [5, 5.41) is 0. The second-order valence-corrected chi connectivity index (χ2v) is 3.11. The van der Waals surface area contributed by atoms with E-state index in [4.69, 9.17) is 4.74 Å². The van der Waals surface area contributed by atoms with Crippen LogP contribution in [0.2, 0.25) is 0 Å². The first-order valence-electron chi connectivity index (χ1n) is 4.53. The zero-order valence-corrected chi connectivity index (χ0v) is 8.03. The standard InChI is InChI=1S/C11H12N2O/c1-9-12-7-11(13-9)14-8-10-5-3-2-4-6-10/h2-7H,8H2,1H3,(H,12,13). The average Bonchev–Trinajstić information content (AvgIpc) is 2.63. The highest BCUT2D eigenvalue weighted by atomic mass is 16.5. The summed E-state index contributed by atoms with van der Waals surface area (Å²) in [5.74, 6) is 1.58. The molecule has 2 rings (SSSR count). The van der Waals surface area contributed by atoms with Crippen LogP contribution in [0.4, 0.5) is 0 Å². The van der Waals surface area contributed by atoms with E-state index in [1.807, 2.05) is 37.3 Å².